The number of hydrogen-bond acceptors (Lipinski definition) is 3. The number of amides is 1. The van der Waals surface area contributed by atoms with E-state index in [0.29, 0.717) is 5.56 Å². The monoisotopic (exact) mass is 331 g/mol. The van der Waals surface area contributed by atoms with E-state index in [-0.39, 0.29) is 22.8 Å². The van der Waals surface area contributed by atoms with Crippen LogP contribution < -0.4 is 5.32 Å². The molecule has 0 bridgehead atoms. The largest absolute Gasteiger partial charge is 0.507 e. The van der Waals surface area contributed by atoms with Crippen LogP contribution in [0, 0.1) is 26.6 Å². The highest BCUT2D eigenvalue weighted by molar-refractivity contribution is 8.00. The van der Waals surface area contributed by atoms with Gasteiger partial charge >= 0.3 is 0 Å². The first-order valence-electron chi connectivity index (χ1n) is 7.39. The fourth-order valence-electron chi connectivity index (χ4n) is 2.85. The lowest BCUT2D eigenvalue weighted by Gasteiger charge is -2.14. The van der Waals surface area contributed by atoms with Crippen LogP contribution in [0.5, 0.6) is 5.75 Å². The lowest BCUT2D eigenvalue weighted by Crippen LogP contribution is -2.21. The highest BCUT2D eigenvalue weighted by Gasteiger charge is 2.35. The number of halogens is 1. The number of phenols is 1. The second-order valence-electron chi connectivity index (χ2n) is 5.91. The Balaban J connectivity index is 1.92. The first-order chi connectivity index (χ1) is 10.9. The third kappa shape index (κ3) is 2.93. The Morgan fingerprint density at radius 1 is 1.09 bits per heavy atom. The maximum absolute atomic E-state index is 13.5. The van der Waals surface area contributed by atoms with Gasteiger partial charge in [0.05, 0.1) is 0 Å². The van der Waals surface area contributed by atoms with Crippen LogP contribution in [0.2, 0.25) is 0 Å². The molecular formula is C18H18FNO2S. The van der Waals surface area contributed by atoms with Crippen LogP contribution in [0.15, 0.2) is 30.3 Å². The SMILES string of the molecule is Cc1ccc(F)cc1C1SC(c2cc(C)c(O)c(C)c2)NC1=O. The van der Waals surface area contributed by atoms with E-state index >= 15 is 0 Å². The summed E-state index contributed by atoms with van der Waals surface area (Å²) in [6.07, 6.45) is 0. The van der Waals surface area contributed by atoms with Gasteiger partial charge in [0.25, 0.3) is 0 Å². The molecule has 1 amide bonds. The van der Waals surface area contributed by atoms with Crippen molar-refractivity contribution in [3.05, 3.63) is 64.0 Å². The minimum atomic E-state index is -0.426. The predicted molar refractivity (Wildman–Crippen MR) is 89.9 cm³/mol. The number of rotatable bonds is 2. The van der Waals surface area contributed by atoms with E-state index < -0.39 is 5.25 Å². The third-order valence-corrected chi connectivity index (χ3v) is 5.53. The minimum Gasteiger partial charge on any atom is -0.507 e. The molecule has 2 N–H and O–H groups in total. The Bertz CT molecular complexity index is 768. The number of carbonyl (C=O) groups excluding carboxylic acids is 1. The van der Waals surface area contributed by atoms with E-state index in [9.17, 15) is 14.3 Å². The molecule has 1 saturated heterocycles. The zero-order chi connectivity index (χ0) is 16.7. The van der Waals surface area contributed by atoms with Crippen LogP contribution in [0.1, 0.15) is 38.4 Å². The third-order valence-electron chi connectivity index (χ3n) is 4.12. The van der Waals surface area contributed by atoms with Crippen molar-refractivity contribution >= 4 is 17.7 Å². The summed E-state index contributed by atoms with van der Waals surface area (Å²) in [6, 6.07) is 8.28. The summed E-state index contributed by atoms with van der Waals surface area (Å²) in [5, 5.41) is 12.2. The lowest BCUT2D eigenvalue weighted by atomic mass is 10.0. The van der Waals surface area contributed by atoms with Gasteiger partial charge in [-0.05, 0) is 72.9 Å². The Hall–Kier alpha value is -2.01. The van der Waals surface area contributed by atoms with Crippen molar-refractivity contribution in [3.63, 3.8) is 0 Å². The van der Waals surface area contributed by atoms with Crippen LogP contribution in [-0.2, 0) is 4.79 Å². The molecule has 0 spiro atoms. The van der Waals surface area contributed by atoms with Crippen molar-refractivity contribution in [2.75, 3.05) is 0 Å². The number of aryl methyl sites for hydroxylation is 3. The molecule has 1 aliphatic heterocycles. The molecule has 5 heteroatoms. The van der Waals surface area contributed by atoms with Crippen molar-refractivity contribution in [1.29, 1.82) is 0 Å². The van der Waals surface area contributed by atoms with Gasteiger partial charge in [0.2, 0.25) is 5.91 Å². The molecule has 2 aromatic carbocycles. The average Bonchev–Trinajstić information content (AvgIpc) is 2.88. The van der Waals surface area contributed by atoms with E-state index in [1.165, 1.54) is 23.9 Å². The lowest BCUT2D eigenvalue weighted by molar-refractivity contribution is -0.120. The zero-order valence-corrected chi connectivity index (χ0v) is 14.0. The highest BCUT2D eigenvalue weighted by atomic mass is 32.2. The Labute approximate surface area is 138 Å². The number of nitrogens with one attached hydrogen (secondary N) is 1. The van der Waals surface area contributed by atoms with E-state index in [1.54, 1.807) is 6.07 Å². The highest BCUT2D eigenvalue weighted by Crippen LogP contribution is 2.46. The topological polar surface area (TPSA) is 49.3 Å². The van der Waals surface area contributed by atoms with Crippen LogP contribution in [0.3, 0.4) is 0 Å². The first-order valence-corrected chi connectivity index (χ1v) is 8.33. The number of hydrogen-bond donors (Lipinski definition) is 2. The molecule has 2 atom stereocenters. The summed E-state index contributed by atoms with van der Waals surface area (Å²) < 4.78 is 13.5. The summed E-state index contributed by atoms with van der Waals surface area (Å²) in [5.74, 6) is -0.170. The second-order valence-corrected chi connectivity index (χ2v) is 7.12. The van der Waals surface area contributed by atoms with Gasteiger partial charge in [-0.15, -0.1) is 11.8 Å². The van der Waals surface area contributed by atoms with Crippen LogP contribution in [0.25, 0.3) is 0 Å². The minimum absolute atomic E-state index is 0.114. The summed E-state index contributed by atoms with van der Waals surface area (Å²) in [4.78, 5) is 12.4. The van der Waals surface area contributed by atoms with Crippen molar-refractivity contribution in [1.82, 2.24) is 5.32 Å². The van der Waals surface area contributed by atoms with Crippen LogP contribution in [-0.4, -0.2) is 11.0 Å². The normalized spacial score (nSPS) is 20.6. The molecular weight excluding hydrogens is 313 g/mol. The molecule has 1 fully saturated rings. The van der Waals surface area contributed by atoms with Gasteiger partial charge in [-0.25, -0.2) is 4.39 Å². The summed E-state index contributed by atoms with van der Waals surface area (Å²) in [5.41, 5.74) is 4.10. The van der Waals surface area contributed by atoms with Crippen LogP contribution >= 0.6 is 11.8 Å². The molecule has 0 aromatic heterocycles. The van der Waals surface area contributed by atoms with Gasteiger partial charge in [-0.3, -0.25) is 4.79 Å². The second kappa shape index (κ2) is 5.89. The molecule has 3 nitrogen and oxygen atoms in total. The number of aromatic hydroxyl groups is 1. The van der Waals surface area contributed by atoms with Gasteiger partial charge in [0.1, 0.15) is 22.2 Å². The van der Waals surface area contributed by atoms with Gasteiger partial charge in [-0.2, -0.15) is 0 Å². The molecule has 120 valence electrons. The number of carbonyl (C=O) groups is 1. The quantitative estimate of drug-likeness (QED) is 0.872. The molecule has 2 unspecified atom stereocenters. The standard InChI is InChI=1S/C18H18FNO2S/c1-9-4-5-13(19)8-14(9)16-17(22)20-18(23-16)12-6-10(2)15(21)11(3)7-12/h4-8,16,18,21H,1-3H3,(H,20,22). The van der Waals surface area contributed by atoms with Crippen LogP contribution in [0.4, 0.5) is 4.39 Å². The molecule has 1 aliphatic rings. The first kappa shape index (κ1) is 15.9. The van der Waals surface area contributed by atoms with Gasteiger partial charge in [0, 0.05) is 0 Å². The molecule has 0 aliphatic carbocycles. The average molecular weight is 331 g/mol. The Kier molecular flexibility index (Phi) is 4.06. The van der Waals surface area contributed by atoms with Crippen molar-refractivity contribution in [2.24, 2.45) is 0 Å². The maximum atomic E-state index is 13.5. The summed E-state index contributed by atoms with van der Waals surface area (Å²) in [7, 11) is 0. The predicted octanol–water partition coefficient (Wildman–Crippen LogP) is 4.06. The summed E-state index contributed by atoms with van der Waals surface area (Å²) >= 11 is 1.46. The van der Waals surface area contributed by atoms with Gasteiger partial charge < -0.3 is 10.4 Å². The number of phenolic OH excluding ortho intramolecular Hbond substituents is 1. The number of thioether (sulfide) groups is 1. The smallest absolute Gasteiger partial charge is 0.238 e. The maximum Gasteiger partial charge on any atom is 0.238 e. The Morgan fingerprint density at radius 3 is 2.39 bits per heavy atom. The van der Waals surface area contributed by atoms with E-state index in [4.69, 9.17) is 0 Å². The number of benzene rings is 2. The molecule has 3 rings (SSSR count). The molecule has 23 heavy (non-hydrogen) atoms. The van der Waals surface area contributed by atoms with Gasteiger partial charge in [0.15, 0.2) is 0 Å². The molecule has 2 aromatic rings. The fourth-order valence-corrected chi connectivity index (χ4v) is 4.19. The van der Waals surface area contributed by atoms with Gasteiger partial charge in [-0.1, -0.05) is 6.07 Å². The molecule has 0 radical (unpaired) electrons. The van der Waals surface area contributed by atoms with E-state index in [1.807, 2.05) is 32.9 Å². The van der Waals surface area contributed by atoms with E-state index in [0.717, 1.165) is 22.3 Å². The summed E-state index contributed by atoms with van der Waals surface area (Å²) in [6.45, 7) is 5.55. The van der Waals surface area contributed by atoms with Crippen molar-refractivity contribution in [3.8, 4) is 5.75 Å². The zero-order valence-electron chi connectivity index (χ0n) is 13.2. The molecule has 1 heterocycles. The van der Waals surface area contributed by atoms with Crippen molar-refractivity contribution < 1.29 is 14.3 Å². The van der Waals surface area contributed by atoms with E-state index in [2.05, 4.69) is 5.32 Å². The fraction of sp³-hybridized carbons (Fsp3) is 0.278. The Morgan fingerprint density at radius 2 is 1.74 bits per heavy atom. The van der Waals surface area contributed by atoms with Crippen molar-refractivity contribution in [2.45, 2.75) is 31.4 Å². The molecule has 0 saturated carbocycles.